The molecule has 0 bridgehead atoms. The van der Waals surface area contributed by atoms with Gasteiger partial charge in [-0.15, -0.1) is 0 Å². The van der Waals surface area contributed by atoms with E-state index in [0.717, 1.165) is 0 Å². The maximum absolute atomic E-state index is 11.7. The first-order valence-corrected chi connectivity index (χ1v) is 6.31. The number of esters is 1. The van der Waals surface area contributed by atoms with E-state index in [1.54, 1.807) is 14.0 Å². The summed E-state index contributed by atoms with van der Waals surface area (Å²) in [5.74, 6) is -0.699. The van der Waals surface area contributed by atoms with Crippen molar-refractivity contribution in [3.05, 3.63) is 0 Å². The smallest absolute Gasteiger partial charge is 0.323 e. The fourth-order valence-electron chi connectivity index (χ4n) is 1.68. The van der Waals surface area contributed by atoms with Crippen LogP contribution >= 0.6 is 0 Å². The van der Waals surface area contributed by atoms with Gasteiger partial charge < -0.3 is 21.1 Å². The molecule has 0 rings (SSSR count). The highest BCUT2D eigenvalue weighted by Crippen LogP contribution is 2.05. The standard InChI is InChI=1S/C12H25N3O3/c1-5-18-12(17)10(15-8(2)3)7-6-9(14-4)11(13)16/h8-10,14-15H,5-7H2,1-4H3,(H2,13,16). The van der Waals surface area contributed by atoms with E-state index in [2.05, 4.69) is 10.6 Å². The van der Waals surface area contributed by atoms with Crippen LogP contribution < -0.4 is 16.4 Å². The van der Waals surface area contributed by atoms with Crippen molar-refractivity contribution in [1.29, 1.82) is 0 Å². The Morgan fingerprint density at radius 2 is 1.78 bits per heavy atom. The Balaban J connectivity index is 4.39. The van der Waals surface area contributed by atoms with E-state index >= 15 is 0 Å². The van der Waals surface area contributed by atoms with Crippen molar-refractivity contribution < 1.29 is 14.3 Å². The molecule has 2 atom stereocenters. The summed E-state index contributed by atoms with van der Waals surface area (Å²) < 4.78 is 4.99. The van der Waals surface area contributed by atoms with Gasteiger partial charge in [0.2, 0.25) is 5.91 Å². The normalized spacial score (nSPS) is 14.3. The molecule has 0 saturated carbocycles. The van der Waals surface area contributed by atoms with Gasteiger partial charge in [0.15, 0.2) is 0 Å². The molecule has 0 radical (unpaired) electrons. The van der Waals surface area contributed by atoms with Crippen LogP contribution in [0, 0.1) is 0 Å². The number of likely N-dealkylation sites (N-methyl/N-ethyl adjacent to an activating group) is 1. The van der Waals surface area contributed by atoms with Crippen molar-refractivity contribution in [3.8, 4) is 0 Å². The van der Waals surface area contributed by atoms with E-state index in [1.165, 1.54) is 0 Å². The number of amides is 1. The molecule has 6 nitrogen and oxygen atoms in total. The van der Waals surface area contributed by atoms with E-state index in [4.69, 9.17) is 10.5 Å². The van der Waals surface area contributed by atoms with Gasteiger partial charge in [-0.25, -0.2) is 0 Å². The predicted octanol–water partition coefficient (Wildman–Crippen LogP) is -0.230. The van der Waals surface area contributed by atoms with Crippen molar-refractivity contribution in [2.24, 2.45) is 5.73 Å². The first-order valence-electron chi connectivity index (χ1n) is 6.31. The van der Waals surface area contributed by atoms with Crippen LogP contribution in [0.4, 0.5) is 0 Å². The molecule has 0 aliphatic rings. The number of nitrogens with two attached hydrogens (primary N) is 1. The minimum absolute atomic E-state index is 0.168. The van der Waals surface area contributed by atoms with Gasteiger partial charge in [0.05, 0.1) is 12.6 Å². The minimum Gasteiger partial charge on any atom is -0.465 e. The van der Waals surface area contributed by atoms with Gasteiger partial charge in [-0.05, 0) is 26.8 Å². The lowest BCUT2D eigenvalue weighted by molar-refractivity contribution is -0.146. The molecule has 0 aromatic heterocycles. The Kier molecular flexibility index (Phi) is 8.32. The number of carbonyl (C=O) groups is 2. The molecule has 0 saturated heterocycles. The van der Waals surface area contributed by atoms with Gasteiger partial charge in [0, 0.05) is 6.04 Å². The SMILES string of the molecule is CCOC(=O)C(CCC(NC)C(N)=O)NC(C)C. The van der Waals surface area contributed by atoms with E-state index in [1.807, 2.05) is 13.8 Å². The third-order valence-electron chi connectivity index (χ3n) is 2.54. The first kappa shape index (κ1) is 16.9. The summed E-state index contributed by atoms with van der Waals surface area (Å²) in [6, 6.07) is -0.656. The van der Waals surface area contributed by atoms with Crippen LogP contribution in [0.1, 0.15) is 33.6 Å². The van der Waals surface area contributed by atoms with Crippen LogP contribution in [0.2, 0.25) is 0 Å². The lowest BCUT2D eigenvalue weighted by atomic mass is 10.1. The molecule has 0 fully saturated rings. The van der Waals surface area contributed by atoms with E-state index < -0.39 is 18.0 Å². The van der Waals surface area contributed by atoms with Gasteiger partial charge >= 0.3 is 5.97 Å². The Bertz CT molecular complexity index is 269. The van der Waals surface area contributed by atoms with Gasteiger partial charge in [-0.1, -0.05) is 13.8 Å². The molecular formula is C12H25N3O3. The molecular weight excluding hydrogens is 234 g/mol. The Morgan fingerprint density at radius 1 is 1.22 bits per heavy atom. The van der Waals surface area contributed by atoms with Crippen LogP contribution in [0.15, 0.2) is 0 Å². The lowest BCUT2D eigenvalue weighted by Gasteiger charge is -2.21. The van der Waals surface area contributed by atoms with Gasteiger partial charge in [-0.2, -0.15) is 0 Å². The quantitative estimate of drug-likeness (QED) is 0.497. The molecule has 106 valence electrons. The average Bonchev–Trinajstić information content (AvgIpc) is 2.27. The zero-order valence-corrected chi connectivity index (χ0v) is 11.7. The molecule has 1 amide bonds. The molecule has 0 spiro atoms. The summed E-state index contributed by atoms with van der Waals surface area (Å²) in [4.78, 5) is 22.8. The van der Waals surface area contributed by atoms with Crippen LogP contribution in [0.3, 0.4) is 0 Å². The van der Waals surface area contributed by atoms with Crippen LogP contribution in [0.25, 0.3) is 0 Å². The van der Waals surface area contributed by atoms with E-state index in [0.29, 0.717) is 19.4 Å². The van der Waals surface area contributed by atoms with Crippen molar-refractivity contribution in [2.45, 2.75) is 51.7 Å². The maximum Gasteiger partial charge on any atom is 0.323 e. The topological polar surface area (TPSA) is 93.4 Å². The number of nitrogens with one attached hydrogen (secondary N) is 2. The Hall–Kier alpha value is -1.14. The van der Waals surface area contributed by atoms with Gasteiger partial charge in [0.25, 0.3) is 0 Å². The highest BCUT2D eigenvalue weighted by molar-refractivity contribution is 5.80. The summed E-state index contributed by atoms with van der Waals surface area (Å²) in [6.07, 6.45) is 1.00. The summed E-state index contributed by atoms with van der Waals surface area (Å²) in [5, 5.41) is 5.96. The molecule has 0 aromatic carbocycles. The Labute approximate surface area is 109 Å². The minimum atomic E-state index is -0.420. The summed E-state index contributed by atoms with van der Waals surface area (Å²) in [6.45, 7) is 6.02. The fourth-order valence-corrected chi connectivity index (χ4v) is 1.68. The summed E-state index contributed by atoms with van der Waals surface area (Å²) >= 11 is 0. The van der Waals surface area contributed by atoms with Gasteiger partial charge in [-0.3, -0.25) is 9.59 Å². The third-order valence-corrected chi connectivity index (χ3v) is 2.54. The van der Waals surface area contributed by atoms with Crippen LogP contribution in [0.5, 0.6) is 0 Å². The third kappa shape index (κ3) is 6.56. The highest BCUT2D eigenvalue weighted by atomic mass is 16.5. The average molecular weight is 259 g/mol. The van der Waals surface area contributed by atoms with Crippen molar-refractivity contribution in [2.75, 3.05) is 13.7 Å². The monoisotopic (exact) mass is 259 g/mol. The van der Waals surface area contributed by atoms with Gasteiger partial charge in [0.1, 0.15) is 6.04 Å². The number of primary amides is 1. The van der Waals surface area contributed by atoms with Crippen molar-refractivity contribution >= 4 is 11.9 Å². The molecule has 2 unspecified atom stereocenters. The number of rotatable bonds is 9. The number of ether oxygens (including phenoxy) is 1. The zero-order chi connectivity index (χ0) is 14.1. The molecule has 0 aromatic rings. The second-order valence-corrected chi connectivity index (χ2v) is 4.45. The summed E-state index contributed by atoms with van der Waals surface area (Å²) in [5.41, 5.74) is 5.23. The second kappa shape index (κ2) is 8.88. The highest BCUT2D eigenvalue weighted by Gasteiger charge is 2.23. The van der Waals surface area contributed by atoms with Crippen LogP contribution in [-0.2, 0) is 14.3 Å². The number of hydrogen-bond donors (Lipinski definition) is 3. The fraction of sp³-hybridized carbons (Fsp3) is 0.833. The van der Waals surface area contributed by atoms with Crippen molar-refractivity contribution in [1.82, 2.24) is 10.6 Å². The molecule has 18 heavy (non-hydrogen) atoms. The predicted molar refractivity (Wildman–Crippen MR) is 70.0 cm³/mol. The first-order chi connectivity index (χ1) is 8.42. The van der Waals surface area contributed by atoms with E-state index in [-0.39, 0.29) is 12.0 Å². The molecule has 0 aliphatic heterocycles. The number of carbonyl (C=O) groups excluding carboxylic acids is 2. The van der Waals surface area contributed by atoms with Crippen molar-refractivity contribution in [3.63, 3.8) is 0 Å². The number of hydrogen-bond acceptors (Lipinski definition) is 5. The maximum atomic E-state index is 11.7. The molecule has 0 heterocycles. The molecule has 0 aliphatic carbocycles. The lowest BCUT2D eigenvalue weighted by Crippen LogP contribution is -2.45. The second-order valence-electron chi connectivity index (χ2n) is 4.45. The largest absolute Gasteiger partial charge is 0.465 e. The molecule has 4 N–H and O–H groups in total. The van der Waals surface area contributed by atoms with Crippen LogP contribution in [-0.4, -0.2) is 43.7 Å². The Morgan fingerprint density at radius 3 is 2.17 bits per heavy atom. The van der Waals surface area contributed by atoms with E-state index in [9.17, 15) is 9.59 Å². The molecule has 6 heteroatoms. The zero-order valence-electron chi connectivity index (χ0n) is 11.7. The summed E-state index contributed by atoms with van der Waals surface area (Å²) in [7, 11) is 1.67.